The van der Waals surface area contributed by atoms with Crippen molar-refractivity contribution in [1.29, 1.82) is 0 Å². The third kappa shape index (κ3) is 2.98. The number of aromatic nitrogens is 3. The van der Waals surface area contributed by atoms with E-state index in [0.29, 0.717) is 17.9 Å². The molecule has 28 heavy (non-hydrogen) atoms. The summed E-state index contributed by atoms with van der Waals surface area (Å²) in [6.07, 6.45) is 9.69. The van der Waals surface area contributed by atoms with Gasteiger partial charge in [0.25, 0.3) is 0 Å². The molecule has 0 saturated carbocycles. The van der Waals surface area contributed by atoms with Gasteiger partial charge in [0.2, 0.25) is 5.95 Å². The molecular formula is C23H29N5. The van der Waals surface area contributed by atoms with Crippen molar-refractivity contribution in [2.75, 3.05) is 25.5 Å². The van der Waals surface area contributed by atoms with Crippen molar-refractivity contribution >= 4 is 16.9 Å². The van der Waals surface area contributed by atoms with Gasteiger partial charge in [-0.2, -0.15) is 0 Å². The molecule has 0 bridgehead atoms. The van der Waals surface area contributed by atoms with Crippen LogP contribution in [0.1, 0.15) is 35.4 Å². The number of nitrogens with one attached hydrogen (secondary N) is 1. The van der Waals surface area contributed by atoms with E-state index in [2.05, 4.69) is 63.2 Å². The normalized spacial score (nSPS) is 24.3. The van der Waals surface area contributed by atoms with Crippen LogP contribution in [0.15, 0.2) is 36.8 Å². The second-order valence-corrected chi connectivity index (χ2v) is 8.73. The van der Waals surface area contributed by atoms with Gasteiger partial charge in [0.1, 0.15) is 0 Å². The number of rotatable bonds is 4. The van der Waals surface area contributed by atoms with Crippen LogP contribution in [0.4, 0.5) is 5.95 Å². The Balaban J connectivity index is 1.32. The lowest BCUT2D eigenvalue weighted by Crippen LogP contribution is -2.48. The standard InChI is InChI=1S/C23H29N5/c1-15-11-25-23(26-12-15)24-8-7-16-9-19-18-5-4-6-20-22(18)17(14-28(20)3)10-21(19)27(2)13-16/h4-6,11-12,14,16,19,21H,7-10,13H2,1-3H3,(H,24,25,26)/t16-,19-,21-/m1/s1. The largest absolute Gasteiger partial charge is 0.354 e. The summed E-state index contributed by atoms with van der Waals surface area (Å²) >= 11 is 0. The minimum absolute atomic E-state index is 0.630. The number of benzene rings is 1. The number of aryl methyl sites for hydroxylation is 2. The predicted molar refractivity (Wildman–Crippen MR) is 114 cm³/mol. The van der Waals surface area contributed by atoms with Gasteiger partial charge in [0, 0.05) is 61.6 Å². The molecule has 1 N–H and O–H groups in total. The van der Waals surface area contributed by atoms with E-state index in [1.807, 2.05) is 19.3 Å². The Morgan fingerprint density at radius 1 is 1.18 bits per heavy atom. The third-order valence-electron chi connectivity index (χ3n) is 6.73. The second kappa shape index (κ2) is 6.89. The van der Waals surface area contributed by atoms with Crippen LogP contribution in [0.25, 0.3) is 10.9 Å². The van der Waals surface area contributed by atoms with E-state index < -0.39 is 0 Å². The van der Waals surface area contributed by atoms with Crippen molar-refractivity contribution < 1.29 is 0 Å². The SMILES string of the molecule is Cc1cnc(NCC[C@@H]2C[C@@H]3c4cccc5c4c(cn5C)C[C@H]3N(C)C2)nc1. The summed E-state index contributed by atoms with van der Waals surface area (Å²) in [5.74, 6) is 2.08. The molecule has 0 radical (unpaired) electrons. The van der Waals surface area contributed by atoms with Crippen LogP contribution < -0.4 is 5.32 Å². The van der Waals surface area contributed by atoms with Crippen molar-refractivity contribution in [3.8, 4) is 0 Å². The lowest BCUT2D eigenvalue weighted by Gasteiger charge is -2.45. The molecule has 0 spiro atoms. The first-order chi connectivity index (χ1) is 13.6. The van der Waals surface area contributed by atoms with Gasteiger partial charge in [0.15, 0.2) is 0 Å². The summed E-state index contributed by atoms with van der Waals surface area (Å²) in [4.78, 5) is 11.3. The Kier molecular flexibility index (Phi) is 4.35. The Hall–Kier alpha value is -2.40. The van der Waals surface area contributed by atoms with Crippen LogP contribution >= 0.6 is 0 Å². The lowest BCUT2D eigenvalue weighted by atomic mass is 9.72. The fourth-order valence-electron chi connectivity index (χ4n) is 5.41. The molecule has 5 rings (SSSR count). The van der Waals surface area contributed by atoms with Crippen molar-refractivity contribution in [2.24, 2.45) is 13.0 Å². The topological polar surface area (TPSA) is 46.0 Å². The third-order valence-corrected chi connectivity index (χ3v) is 6.73. The fourth-order valence-corrected chi connectivity index (χ4v) is 5.41. The summed E-state index contributed by atoms with van der Waals surface area (Å²) in [5.41, 5.74) is 5.57. The van der Waals surface area contributed by atoms with Gasteiger partial charge in [-0.25, -0.2) is 9.97 Å². The zero-order valence-electron chi connectivity index (χ0n) is 17.0. The molecule has 1 fully saturated rings. The summed E-state index contributed by atoms with van der Waals surface area (Å²) in [7, 11) is 4.49. The van der Waals surface area contributed by atoms with E-state index in [1.54, 1.807) is 5.56 Å². The molecule has 2 aliphatic rings. The number of anilines is 1. The van der Waals surface area contributed by atoms with Crippen LogP contribution in [0.2, 0.25) is 0 Å². The number of hydrogen-bond donors (Lipinski definition) is 1. The molecule has 1 aliphatic carbocycles. The summed E-state index contributed by atoms with van der Waals surface area (Å²) in [6, 6.07) is 7.50. The molecule has 3 heterocycles. The Morgan fingerprint density at radius 2 is 2.00 bits per heavy atom. The van der Waals surface area contributed by atoms with Gasteiger partial charge in [-0.1, -0.05) is 12.1 Å². The van der Waals surface area contributed by atoms with E-state index in [0.717, 1.165) is 24.5 Å². The monoisotopic (exact) mass is 375 g/mol. The maximum absolute atomic E-state index is 4.36. The van der Waals surface area contributed by atoms with Gasteiger partial charge >= 0.3 is 0 Å². The number of fused-ring (bicyclic) bond motifs is 2. The van der Waals surface area contributed by atoms with Crippen LogP contribution in [0.3, 0.4) is 0 Å². The second-order valence-electron chi connectivity index (χ2n) is 8.73. The van der Waals surface area contributed by atoms with Crippen LogP contribution in [-0.4, -0.2) is 45.6 Å². The van der Waals surface area contributed by atoms with Crippen LogP contribution in [0.5, 0.6) is 0 Å². The van der Waals surface area contributed by atoms with Crippen LogP contribution in [0, 0.1) is 12.8 Å². The molecule has 5 nitrogen and oxygen atoms in total. The van der Waals surface area contributed by atoms with Crippen LogP contribution in [-0.2, 0) is 13.5 Å². The van der Waals surface area contributed by atoms with Crippen molar-refractivity contribution in [3.63, 3.8) is 0 Å². The maximum Gasteiger partial charge on any atom is 0.222 e. The highest BCUT2D eigenvalue weighted by Gasteiger charge is 2.39. The predicted octanol–water partition coefficient (Wildman–Crippen LogP) is 3.74. The van der Waals surface area contributed by atoms with Gasteiger partial charge in [-0.05, 0) is 61.9 Å². The quantitative estimate of drug-likeness (QED) is 0.755. The van der Waals surface area contributed by atoms with E-state index in [-0.39, 0.29) is 0 Å². The first-order valence-corrected chi connectivity index (χ1v) is 10.4. The van der Waals surface area contributed by atoms with Gasteiger partial charge < -0.3 is 14.8 Å². The van der Waals surface area contributed by atoms with Crippen molar-refractivity contribution in [1.82, 2.24) is 19.4 Å². The van der Waals surface area contributed by atoms with E-state index in [9.17, 15) is 0 Å². The summed E-state index contributed by atoms with van der Waals surface area (Å²) in [5, 5.41) is 4.92. The highest BCUT2D eigenvalue weighted by atomic mass is 15.2. The smallest absolute Gasteiger partial charge is 0.222 e. The van der Waals surface area contributed by atoms with Crippen molar-refractivity contribution in [2.45, 2.75) is 38.1 Å². The van der Waals surface area contributed by atoms with Gasteiger partial charge in [-0.3, -0.25) is 0 Å². The first kappa shape index (κ1) is 17.7. The number of nitrogens with zero attached hydrogens (tertiary/aromatic N) is 4. The molecular weight excluding hydrogens is 346 g/mol. The molecule has 146 valence electrons. The van der Waals surface area contributed by atoms with Gasteiger partial charge in [0.05, 0.1) is 0 Å². The molecule has 1 aromatic carbocycles. The van der Waals surface area contributed by atoms with E-state index >= 15 is 0 Å². The minimum Gasteiger partial charge on any atom is -0.354 e. The lowest BCUT2D eigenvalue weighted by molar-refractivity contribution is 0.109. The average Bonchev–Trinajstić information content (AvgIpc) is 3.01. The van der Waals surface area contributed by atoms with Gasteiger partial charge in [-0.15, -0.1) is 0 Å². The number of hydrogen-bond acceptors (Lipinski definition) is 4. The molecule has 0 unspecified atom stereocenters. The summed E-state index contributed by atoms with van der Waals surface area (Å²) in [6.45, 7) is 4.12. The number of likely N-dealkylation sites (tertiary alicyclic amines) is 1. The zero-order chi connectivity index (χ0) is 19.3. The summed E-state index contributed by atoms with van der Waals surface area (Å²) < 4.78 is 2.30. The molecule has 3 aromatic rings. The zero-order valence-corrected chi connectivity index (χ0v) is 17.0. The molecule has 5 heteroatoms. The molecule has 2 aromatic heterocycles. The number of piperidine rings is 1. The molecule has 1 saturated heterocycles. The molecule has 1 aliphatic heterocycles. The van der Waals surface area contributed by atoms with E-state index in [1.165, 1.54) is 35.9 Å². The fraction of sp³-hybridized carbons (Fsp3) is 0.478. The molecule has 3 atom stereocenters. The molecule has 0 amide bonds. The Morgan fingerprint density at radius 3 is 2.82 bits per heavy atom. The Labute approximate surface area is 166 Å². The number of likely N-dealkylation sites (N-methyl/N-ethyl adjacent to an activating group) is 1. The highest BCUT2D eigenvalue weighted by molar-refractivity contribution is 5.89. The highest BCUT2D eigenvalue weighted by Crippen LogP contribution is 2.45. The Bertz CT molecular complexity index is 990. The average molecular weight is 376 g/mol. The van der Waals surface area contributed by atoms with Crippen molar-refractivity contribution in [3.05, 3.63) is 53.5 Å². The maximum atomic E-state index is 4.36. The van der Waals surface area contributed by atoms with E-state index in [4.69, 9.17) is 0 Å². The minimum atomic E-state index is 0.630. The first-order valence-electron chi connectivity index (χ1n) is 10.4.